The van der Waals surface area contributed by atoms with E-state index in [0.29, 0.717) is 18.7 Å². The van der Waals surface area contributed by atoms with Crippen LogP contribution >= 0.6 is 0 Å². The van der Waals surface area contributed by atoms with Gasteiger partial charge in [-0.1, -0.05) is 18.2 Å². The summed E-state index contributed by atoms with van der Waals surface area (Å²) in [6.45, 7) is 1.19. The minimum atomic E-state index is -0.764. The lowest BCUT2D eigenvalue weighted by molar-refractivity contribution is -0.143. The van der Waals surface area contributed by atoms with Crippen LogP contribution in [0.2, 0.25) is 0 Å². The molecular weight excluding hydrogens is 246 g/mol. The topological polar surface area (TPSA) is 66.8 Å². The monoisotopic (exact) mass is 263 g/mol. The fraction of sp³-hybridized carbons (Fsp3) is 0.429. The fourth-order valence-corrected chi connectivity index (χ4v) is 2.20. The molecule has 5 heteroatoms. The van der Waals surface area contributed by atoms with Crippen molar-refractivity contribution in [2.45, 2.75) is 19.3 Å². The van der Waals surface area contributed by atoms with Crippen LogP contribution in [0.25, 0.3) is 0 Å². The summed E-state index contributed by atoms with van der Waals surface area (Å²) in [6.07, 6.45) is 1.68. The molecular formula is C14H17NO4. The number of nitrogens with zero attached hydrogens (tertiary/aromatic N) is 1. The molecule has 0 saturated carbocycles. The fourth-order valence-electron chi connectivity index (χ4n) is 2.20. The van der Waals surface area contributed by atoms with E-state index in [1.54, 1.807) is 29.3 Å². The third-order valence-corrected chi connectivity index (χ3v) is 3.26. The highest BCUT2D eigenvalue weighted by molar-refractivity contribution is 5.89. The first-order valence-corrected chi connectivity index (χ1v) is 6.39. The van der Waals surface area contributed by atoms with E-state index in [1.165, 1.54) is 0 Å². The van der Waals surface area contributed by atoms with Crippen molar-refractivity contribution in [3.8, 4) is 0 Å². The Balaban J connectivity index is 1.80. The quantitative estimate of drug-likeness (QED) is 0.899. The van der Waals surface area contributed by atoms with E-state index in [2.05, 4.69) is 0 Å². The Morgan fingerprint density at radius 1 is 1.21 bits per heavy atom. The van der Waals surface area contributed by atoms with Crippen molar-refractivity contribution in [3.05, 3.63) is 35.9 Å². The van der Waals surface area contributed by atoms with Crippen molar-refractivity contribution in [1.82, 2.24) is 5.06 Å². The molecule has 0 spiro atoms. The Labute approximate surface area is 111 Å². The summed E-state index contributed by atoms with van der Waals surface area (Å²) in [4.78, 5) is 27.7. The Bertz CT molecular complexity index is 438. The molecule has 1 N–H and O–H groups in total. The first kappa shape index (κ1) is 13.5. The molecule has 0 bridgehead atoms. The zero-order chi connectivity index (χ0) is 13.7. The largest absolute Gasteiger partial charge is 0.481 e. The van der Waals surface area contributed by atoms with E-state index < -0.39 is 5.97 Å². The molecule has 1 aromatic carbocycles. The van der Waals surface area contributed by atoms with Crippen molar-refractivity contribution in [2.75, 3.05) is 13.1 Å². The van der Waals surface area contributed by atoms with Gasteiger partial charge in [-0.05, 0) is 30.9 Å². The Hall–Kier alpha value is -1.88. The number of benzene rings is 1. The van der Waals surface area contributed by atoms with Crippen molar-refractivity contribution in [2.24, 2.45) is 5.92 Å². The van der Waals surface area contributed by atoms with Gasteiger partial charge in [0.2, 0.25) is 0 Å². The molecule has 0 aromatic heterocycles. The van der Waals surface area contributed by atoms with Crippen LogP contribution in [-0.4, -0.2) is 35.2 Å². The second-order valence-electron chi connectivity index (χ2n) is 4.72. The van der Waals surface area contributed by atoms with Gasteiger partial charge >= 0.3 is 11.9 Å². The number of hydrogen-bond acceptors (Lipinski definition) is 4. The van der Waals surface area contributed by atoms with Gasteiger partial charge in [-0.2, -0.15) is 0 Å². The van der Waals surface area contributed by atoms with Crippen molar-refractivity contribution in [1.29, 1.82) is 0 Å². The summed E-state index contributed by atoms with van der Waals surface area (Å²) in [5, 5.41) is 10.3. The highest BCUT2D eigenvalue weighted by Gasteiger charge is 2.23. The predicted octanol–water partition coefficient (Wildman–Crippen LogP) is 1.95. The second-order valence-corrected chi connectivity index (χ2v) is 4.72. The van der Waals surface area contributed by atoms with Gasteiger partial charge in [-0.3, -0.25) is 4.79 Å². The molecule has 0 aliphatic carbocycles. The molecule has 1 aliphatic rings. The number of carbonyl (C=O) groups excluding carboxylic acids is 1. The zero-order valence-corrected chi connectivity index (χ0v) is 10.6. The number of rotatable bonds is 4. The van der Waals surface area contributed by atoms with E-state index in [1.807, 2.05) is 6.07 Å². The predicted molar refractivity (Wildman–Crippen MR) is 68.4 cm³/mol. The first-order chi connectivity index (χ1) is 9.15. The van der Waals surface area contributed by atoms with Crippen LogP contribution in [0.1, 0.15) is 29.6 Å². The number of carbonyl (C=O) groups is 2. The van der Waals surface area contributed by atoms with Gasteiger partial charge in [0, 0.05) is 19.5 Å². The molecule has 0 amide bonds. The standard InChI is InChI=1S/C14H17NO4/c16-13(17)10-11-6-8-15(9-7-11)19-14(18)12-4-2-1-3-5-12/h1-5,11H,6-10H2,(H,16,17). The maximum atomic E-state index is 11.8. The maximum Gasteiger partial charge on any atom is 0.357 e. The molecule has 0 unspecified atom stereocenters. The van der Waals surface area contributed by atoms with Crippen LogP contribution in [0, 0.1) is 5.92 Å². The summed E-state index contributed by atoms with van der Waals surface area (Å²) in [5.41, 5.74) is 0.523. The minimum Gasteiger partial charge on any atom is -0.481 e. The summed E-state index contributed by atoms with van der Waals surface area (Å²) in [5.74, 6) is -0.943. The van der Waals surface area contributed by atoms with Gasteiger partial charge in [-0.15, -0.1) is 5.06 Å². The van der Waals surface area contributed by atoms with Crippen LogP contribution in [0.15, 0.2) is 30.3 Å². The van der Waals surface area contributed by atoms with Crippen molar-refractivity contribution < 1.29 is 19.5 Å². The molecule has 1 saturated heterocycles. The van der Waals surface area contributed by atoms with E-state index in [0.717, 1.165) is 12.8 Å². The molecule has 0 atom stereocenters. The Morgan fingerprint density at radius 3 is 2.42 bits per heavy atom. The molecule has 5 nitrogen and oxygen atoms in total. The molecule has 1 heterocycles. The molecule has 102 valence electrons. The smallest absolute Gasteiger partial charge is 0.357 e. The van der Waals surface area contributed by atoms with Crippen LogP contribution < -0.4 is 0 Å². The SMILES string of the molecule is O=C(O)CC1CCN(OC(=O)c2ccccc2)CC1. The summed E-state index contributed by atoms with van der Waals surface area (Å²) < 4.78 is 0. The van der Waals surface area contributed by atoms with Crippen LogP contribution in [-0.2, 0) is 9.63 Å². The van der Waals surface area contributed by atoms with Gasteiger partial charge in [-0.25, -0.2) is 4.79 Å². The van der Waals surface area contributed by atoms with E-state index in [-0.39, 0.29) is 18.3 Å². The first-order valence-electron chi connectivity index (χ1n) is 6.39. The normalized spacial score (nSPS) is 17.1. The Morgan fingerprint density at radius 2 is 1.84 bits per heavy atom. The van der Waals surface area contributed by atoms with Crippen molar-refractivity contribution >= 4 is 11.9 Å². The third-order valence-electron chi connectivity index (χ3n) is 3.26. The number of piperidine rings is 1. The lowest BCUT2D eigenvalue weighted by Crippen LogP contribution is -2.36. The van der Waals surface area contributed by atoms with E-state index in [9.17, 15) is 9.59 Å². The highest BCUT2D eigenvalue weighted by Crippen LogP contribution is 2.21. The number of carboxylic acids is 1. The second kappa shape index (κ2) is 6.33. The van der Waals surface area contributed by atoms with Crippen LogP contribution in [0.5, 0.6) is 0 Å². The molecule has 2 rings (SSSR count). The van der Waals surface area contributed by atoms with Crippen LogP contribution in [0.4, 0.5) is 0 Å². The molecule has 19 heavy (non-hydrogen) atoms. The van der Waals surface area contributed by atoms with E-state index >= 15 is 0 Å². The summed E-state index contributed by atoms with van der Waals surface area (Å²) >= 11 is 0. The highest BCUT2D eigenvalue weighted by atomic mass is 16.7. The van der Waals surface area contributed by atoms with Crippen LogP contribution in [0.3, 0.4) is 0 Å². The third kappa shape index (κ3) is 4.06. The average Bonchev–Trinajstić information content (AvgIpc) is 2.41. The summed E-state index contributed by atoms with van der Waals surface area (Å²) in [6, 6.07) is 8.83. The average molecular weight is 263 g/mol. The molecule has 1 aliphatic heterocycles. The summed E-state index contributed by atoms with van der Waals surface area (Å²) in [7, 11) is 0. The van der Waals surface area contributed by atoms with Gasteiger partial charge < -0.3 is 9.94 Å². The number of carboxylic acid groups (broad SMARTS) is 1. The lowest BCUT2D eigenvalue weighted by Gasteiger charge is -2.29. The lowest BCUT2D eigenvalue weighted by atomic mass is 9.95. The van der Waals surface area contributed by atoms with E-state index in [4.69, 9.17) is 9.94 Å². The number of hydroxylamine groups is 2. The maximum absolute atomic E-state index is 11.8. The van der Waals surface area contributed by atoms with Gasteiger partial charge in [0.1, 0.15) is 0 Å². The zero-order valence-electron chi connectivity index (χ0n) is 10.6. The van der Waals surface area contributed by atoms with Gasteiger partial charge in [0.25, 0.3) is 0 Å². The molecule has 0 radical (unpaired) electrons. The number of hydrogen-bond donors (Lipinski definition) is 1. The number of aliphatic carboxylic acids is 1. The van der Waals surface area contributed by atoms with Crippen molar-refractivity contribution in [3.63, 3.8) is 0 Å². The van der Waals surface area contributed by atoms with Gasteiger partial charge in [0.05, 0.1) is 5.56 Å². The molecule has 1 fully saturated rings. The minimum absolute atomic E-state index is 0.184. The van der Waals surface area contributed by atoms with Gasteiger partial charge in [0.15, 0.2) is 0 Å². The Kier molecular flexibility index (Phi) is 4.52. The molecule has 1 aromatic rings.